The first-order valence-electron chi connectivity index (χ1n) is 5.86. The highest BCUT2D eigenvalue weighted by molar-refractivity contribution is 7.99. The second-order valence-corrected chi connectivity index (χ2v) is 5.18. The number of aliphatic carboxylic acids is 1. The molecule has 0 aliphatic carbocycles. The molecule has 6 heteroatoms. The van der Waals surface area contributed by atoms with E-state index in [1.807, 2.05) is 0 Å². The van der Waals surface area contributed by atoms with Gasteiger partial charge in [0, 0.05) is 12.4 Å². The summed E-state index contributed by atoms with van der Waals surface area (Å²) < 4.78 is 5.50. The van der Waals surface area contributed by atoms with E-state index in [1.165, 1.54) is 0 Å². The molecule has 1 aliphatic heterocycles. The van der Waals surface area contributed by atoms with Crippen molar-refractivity contribution in [1.29, 1.82) is 0 Å². The number of rotatable bonds is 9. The number of ether oxygens (including phenoxy) is 1. The average molecular weight is 261 g/mol. The molecule has 1 heterocycles. The Balaban J connectivity index is 2.01. The zero-order chi connectivity index (χ0) is 12.5. The van der Waals surface area contributed by atoms with Gasteiger partial charge in [-0.2, -0.15) is 11.8 Å². The highest BCUT2D eigenvalue weighted by atomic mass is 32.2. The molecule has 1 amide bonds. The molecule has 2 unspecified atom stereocenters. The molecule has 5 nitrogen and oxygen atoms in total. The van der Waals surface area contributed by atoms with Gasteiger partial charge in [-0.3, -0.25) is 4.79 Å². The number of thioether (sulfide) groups is 1. The predicted molar refractivity (Wildman–Crippen MR) is 66.2 cm³/mol. The van der Waals surface area contributed by atoms with Crippen molar-refractivity contribution in [1.82, 2.24) is 5.32 Å². The van der Waals surface area contributed by atoms with Gasteiger partial charge in [0.1, 0.15) is 6.04 Å². The number of carboxylic acids is 1. The molecule has 2 atom stereocenters. The molecule has 0 aromatic heterocycles. The van der Waals surface area contributed by atoms with Gasteiger partial charge in [0.25, 0.3) is 0 Å². The number of hydrogen-bond donors (Lipinski definition) is 2. The summed E-state index contributed by atoms with van der Waals surface area (Å²) in [4.78, 5) is 20.9. The molecule has 0 bridgehead atoms. The summed E-state index contributed by atoms with van der Waals surface area (Å²) >= 11 is 1.56. The normalized spacial score (nSPS) is 21.1. The Hall–Kier alpha value is -0.750. The van der Waals surface area contributed by atoms with E-state index < -0.39 is 12.0 Å². The molecule has 0 aromatic rings. The molecule has 1 rings (SSSR count). The summed E-state index contributed by atoms with van der Waals surface area (Å²) in [5.41, 5.74) is 0. The molecule has 1 aliphatic rings. The van der Waals surface area contributed by atoms with Crippen molar-refractivity contribution in [2.24, 2.45) is 0 Å². The van der Waals surface area contributed by atoms with Gasteiger partial charge in [-0.05, 0) is 31.4 Å². The van der Waals surface area contributed by atoms with Crippen LogP contribution in [0.15, 0.2) is 0 Å². The van der Waals surface area contributed by atoms with Crippen LogP contribution in [0.3, 0.4) is 0 Å². The van der Waals surface area contributed by atoms with Crippen molar-refractivity contribution in [3.05, 3.63) is 0 Å². The van der Waals surface area contributed by atoms with Crippen molar-refractivity contribution in [2.75, 3.05) is 18.1 Å². The van der Waals surface area contributed by atoms with Gasteiger partial charge < -0.3 is 15.2 Å². The van der Waals surface area contributed by atoms with E-state index in [0.717, 1.165) is 38.0 Å². The maximum Gasteiger partial charge on any atom is 0.327 e. The van der Waals surface area contributed by atoms with E-state index in [9.17, 15) is 9.59 Å². The molecule has 1 fully saturated rings. The lowest BCUT2D eigenvalue weighted by Gasteiger charge is -2.11. The van der Waals surface area contributed by atoms with Gasteiger partial charge in [-0.15, -0.1) is 0 Å². The monoisotopic (exact) mass is 261 g/mol. The summed E-state index contributed by atoms with van der Waals surface area (Å²) in [6, 6.07) is -0.778. The number of carboxylic acid groups (broad SMARTS) is 1. The summed E-state index contributed by atoms with van der Waals surface area (Å²) in [6.45, 7) is 0.877. The molecule has 0 radical (unpaired) electrons. The number of carbonyl (C=O) groups is 2. The van der Waals surface area contributed by atoms with Crippen LogP contribution in [0.1, 0.15) is 25.7 Å². The molecule has 17 heavy (non-hydrogen) atoms. The molecule has 0 spiro atoms. The molecule has 0 aromatic carbocycles. The zero-order valence-electron chi connectivity index (χ0n) is 9.76. The molecule has 0 saturated carbocycles. The van der Waals surface area contributed by atoms with Gasteiger partial charge in [-0.1, -0.05) is 0 Å². The van der Waals surface area contributed by atoms with Crippen LogP contribution in [0.2, 0.25) is 0 Å². The van der Waals surface area contributed by atoms with Crippen LogP contribution in [0.4, 0.5) is 0 Å². The first-order valence-corrected chi connectivity index (χ1v) is 7.01. The van der Waals surface area contributed by atoms with Crippen molar-refractivity contribution >= 4 is 24.1 Å². The van der Waals surface area contributed by atoms with Crippen LogP contribution in [-0.4, -0.2) is 47.7 Å². The Labute approximate surface area is 105 Å². The Kier molecular flexibility index (Phi) is 7.04. The van der Waals surface area contributed by atoms with Crippen LogP contribution in [0.25, 0.3) is 0 Å². The van der Waals surface area contributed by atoms with E-state index >= 15 is 0 Å². The van der Waals surface area contributed by atoms with Crippen LogP contribution in [0, 0.1) is 0 Å². The minimum atomic E-state index is -0.983. The van der Waals surface area contributed by atoms with Crippen LogP contribution >= 0.6 is 11.8 Å². The van der Waals surface area contributed by atoms with Crippen LogP contribution in [-0.2, 0) is 14.3 Å². The SMILES string of the molecule is O=CNC(CSCCCC1CCCO1)C(=O)O. The summed E-state index contributed by atoms with van der Waals surface area (Å²) in [7, 11) is 0. The summed E-state index contributed by atoms with van der Waals surface area (Å²) in [5, 5.41) is 11.1. The molecule has 2 N–H and O–H groups in total. The second-order valence-electron chi connectivity index (χ2n) is 4.03. The van der Waals surface area contributed by atoms with Gasteiger partial charge in [0.2, 0.25) is 6.41 Å². The third kappa shape index (κ3) is 5.93. The van der Waals surface area contributed by atoms with E-state index in [-0.39, 0.29) is 0 Å². The summed E-state index contributed by atoms with van der Waals surface area (Å²) in [6.07, 6.45) is 5.22. The summed E-state index contributed by atoms with van der Waals surface area (Å²) in [5.74, 6) is 0.341. The minimum Gasteiger partial charge on any atom is -0.480 e. The Bertz CT molecular complexity index is 244. The van der Waals surface area contributed by atoms with Crippen LogP contribution in [0.5, 0.6) is 0 Å². The number of nitrogens with one attached hydrogen (secondary N) is 1. The lowest BCUT2D eigenvalue weighted by atomic mass is 10.1. The lowest BCUT2D eigenvalue weighted by Crippen LogP contribution is -2.37. The van der Waals surface area contributed by atoms with Crippen molar-refractivity contribution < 1.29 is 19.4 Å². The van der Waals surface area contributed by atoms with Crippen molar-refractivity contribution in [2.45, 2.75) is 37.8 Å². The predicted octanol–water partition coefficient (Wildman–Crippen LogP) is 0.878. The van der Waals surface area contributed by atoms with Gasteiger partial charge >= 0.3 is 5.97 Å². The average Bonchev–Trinajstić information content (AvgIpc) is 2.80. The fourth-order valence-corrected chi connectivity index (χ4v) is 2.77. The van der Waals surface area contributed by atoms with E-state index in [2.05, 4.69) is 5.32 Å². The lowest BCUT2D eigenvalue weighted by molar-refractivity contribution is -0.139. The van der Waals surface area contributed by atoms with Crippen molar-refractivity contribution in [3.63, 3.8) is 0 Å². The van der Waals surface area contributed by atoms with Crippen molar-refractivity contribution in [3.8, 4) is 0 Å². The maximum absolute atomic E-state index is 10.7. The number of carbonyl (C=O) groups excluding carboxylic acids is 1. The zero-order valence-corrected chi connectivity index (χ0v) is 10.6. The Morgan fingerprint density at radius 1 is 1.65 bits per heavy atom. The maximum atomic E-state index is 10.7. The third-order valence-electron chi connectivity index (χ3n) is 2.69. The first kappa shape index (κ1) is 14.3. The molecular weight excluding hydrogens is 242 g/mol. The highest BCUT2D eigenvalue weighted by Gasteiger charge is 2.17. The van der Waals surface area contributed by atoms with E-state index in [1.54, 1.807) is 11.8 Å². The standard InChI is InChI=1S/C11H19NO4S/c13-8-12-10(11(14)15)7-17-6-2-4-9-3-1-5-16-9/h8-10H,1-7H2,(H,12,13)(H,14,15). The quantitative estimate of drug-likeness (QED) is 0.476. The topological polar surface area (TPSA) is 75.6 Å². The molecule has 98 valence electrons. The second kappa shape index (κ2) is 8.36. The highest BCUT2D eigenvalue weighted by Crippen LogP contribution is 2.18. The van der Waals surface area contributed by atoms with E-state index in [4.69, 9.17) is 9.84 Å². The van der Waals surface area contributed by atoms with Gasteiger partial charge in [0.15, 0.2) is 0 Å². The Morgan fingerprint density at radius 3 is 3.06 bits per heavy atom. The molecular formula is C11H19NO4S. The first-order chi connectivity index (χ1) is 8.24. The number of amides is 1. The van der Waals surface area contributed by atoms with E-state index in [0.29, 0.717) is 18.3 Å². The number of hydrogen-bond acceptors (Lipinski definition) is 4. The minimum absolute atomic E-state index is 0.402. The van der Waals surface area contributed by atoms with Gasteiger partial charge in [-0.25, -0.2) is 4.79 Å². The smallest absolute Gasteiger partial charge is 0.327 e. The fraction of sp³-hybridized carbons (Fsp3) is 0.818. The van der Waals surface area contributed by atoms with Crippen LogP contribution < -0.4 is 5.32 Å². The fourth-order valence-electron chi connectivity index (χ4n) is 1.76. The third-order valence-corrected chi connectivity index (χ3v) is 3.84. The largest absolute Gasteiger partial charge is 0.480 e. The van der Waals surface area contributed by atoms with Gasteiger partial charge in [0.05, 0.1) is 6.10 Å². The molecule has 1 saturated heterocycles. The Morgan fingerprint density at radius 2 is 2.47 bits per heavy atom.